The maximum atomic E-state index is 13.2. The molecule has 0 bridgehead atoms. The van der Waals surface area contributed by atoms with Gasteiger partial charge >= 0.3 is 6.03 Å². The first kappa shape index (κ1) is 25.2. The van der Waals surface area contributed by atoms with Gasteiger partial charge in [-0.25, -0.2) is 9.78 Å². The van der Waals surface area contributed by atoms with E-state index in [4.69, 9.17) is 27.6 Å². The van der Waals surface area contributed by atoms with Gasteiger partial charge in [-0.1, -0.05) is 49.2 Å². The van der Waals surface area contributed by atoms with Crippen LogP contribution in [0.25, 0.3) is 11.6 Å². The number of likely N-dealkylation sites (tertiary alicyclic amines) is 1. The predicted molar refractivity (Wildman–Crippen MR) is 135 cm³/mol. The Bertz CT molecular complexity index is 1370. The molecule has 2 aliphatic rings. The Hall–Kier alpha value is -3.50. The maximum Gasteiger partial charge on any atom is 0.322 e. The number of nitrogens with one attached hydrogen (secondary N) is 2. The minimum atomic E-state index is -1.16. The quantitative estimate of drug-likeness (QED) is 0.463. The minimum absolute atomic E-state index is 0.00846. The van der Waals surface area contributed by atoms with Crippen LogP contribution in [0.5, 0.6) is 0 Å². The van der Waals surface area contributed by atoms with Crippen molar-refractivity contribution >= 4 is 41.0 Å². The number of hydrogen-bond donors (Lipinski definition) is 2. The summed E-state index contributed by atoms with van der Waals surface area (Å²) >= 11 is 12.1. The number of rotatable bonds is 5. The first-order valence-electron chi connectivity index (χ1n) is 11.9. The fourth-order valence-corrected chi connectivity index (χ4v) is 5.33. The highest BCUT2D eigenvalue weighted by molar-refractivity contribution is 6.35. The van der Waals surface area contributed by atoms with Crippen molar-refractivity contribution in [3.8, 4) is 11.6 Å². The van der Waals surface area contributed by atoms with Gasteiger partial charge in [0.2, 0.25) is 5.89 Å². The third-order valence-electron chi connectivity index (χ3n) is 6.93. The van der Waals surface area contributed by atoms with E-state index in [2.05, 4.69) is 25.8 Å². The van der Waals surface area contributed by atoms with Crippen LogP contribution in [0.3, 0.4) is 0 Å². The lowest BCUT2D eigenvalue weighted by atomic mass is 9.79. The molecule has 2 N–H and O–H groups in total. The monoisotopic (exact) mass is 542 g/mol. The standard InChI is InChI=1S/C25H24Cl2N6O4/c1-13(2)25(23(35)29-24(36)30-25)16-5-3-15(4-6-16)22(34)33-9-7-14(8-10-33)20-31-32-21(37-20)19-18(27)11-17(26)12-28-19/h3-6,11-14H,7-10H2,1-2H3,(H2,29,30,35,36). The number of nitrogens with zero attached hydrogens (tertiary/aromatic N) is 4. The number of carbonyl (C=O) groups is 3. The van der Waals surface area contributed by atoms with Gasteiger partial charge in [0.05, 0.1) is 10.0 Å². The first-order chi connectivity index (χ1) is 17.7. The Labute approximate surface area is 222 Å². The number of pyridine rings is 1. The Kier molecular flexibility index (Phi) is 6.63. The van der Waals surface area contributed by atoms with Crippen molar-refractivity contribution < 1.29 is 18.8 Å². The molecule has 0 radical (unpaired) electrons. The van der Waals surface area contributed by atoms with E-state index in [0.29, 0.717) is 58.7 Å². The Morgan fingerprint density at radius 3 is 2.43 bits per heavy atom. The fourth-order valence-electron chi connectivity index (χ4n) is 4.87. The molecule has 0 spiro atoms. The summed E-state index contributed by atoms with van der Waals surface area (Å²) in [4.78, 5) is 43.5. The number of aromatic nitrogens is 3. The van der Waals surface area contributed by atoms with Crippen molar-refractivity contribution in [3.05, 3.63) is 63.6 Å². The lowest BCUT2D eigenvalue weighted by Crippen LogP contribution is -2.48. The molecule has 5 rings (SSSR count). The van der Waals surface area contributed by atoms with Crippen LogP contribution in [0, 0.1) is 5.92 Å². The van der Waals surface area contributed by atoms with Gasteiger partial charge in [-0.2, -0.15) is 0 Å². The second-order valence-corrected chi connectivity index (χ2v) is 10.3. The molecule has 2 aromatic heterocycles. The number of benzene rings is 1. The summed E-state index contributed by atoms with van der Waals surface area (Å²) in [5.74, 6) is 0.0286. The fraction of sp³-hybridized carbons (Fsp3) is 0.360. The van der Waals surface area contributed by atoms with Crippen molar-refractivity contribution in [2.45, 2.75) is 38.1 Å². The molecule has 2 saturated heterocycles. The van der Waals surface area contributed by atoms with Crippen LogP contribution in [-0.2, 0) is 10.3 Å². The molecular weight excluding hydrogens is 519 g/mol. The van der Waals surface area contributed by atoms with Crippen LogP contribution < -0.4 is 10.6 Å². The zero-order chi connectivity index (χ0) is 26.3. The number of hydrogen-bond acceptors (Lipinski definition) is 7. The van der Waals surface area contributed by atoms with Crippen molar-refractivity contribution in [2.75, 3.05) is 13.1 Å². The second-order valence-electron chi connectivity index (χ2n) is 9.44. The average molecular weight is 543 g/mol. The predicted octanol–water partition coefficient (Wildman–Crippen LogP) is 4.15. The third kappa shape index (κ3) is 4.55. The molecule has 0 saturated carbocycles. The van der Waals surface area contributed by atoms with Gasteiger partial charge in [0.1, 0.15) is 11.2 Å². The van der Waals surface area contributed by atoms with Crippen molar-refractivity contribution in [1.29, 1.82) is 0 Å². The molecule has 1 aromatic carbocycles. The average Bonchev–Trinajstić information content (AvgIpc) is 3.48. The molecule has 4 heterocycles. The number of urea groups is 1. The van der Waals surface area contributed by atoms with Crippen LogP contribution in [-0.4, -0.2) is 51.0 Å². The second kappa shape index (κ2) is 9.75. The van der Waals surface area contributed by atoms with Gasteiger partial charge in [0.25, 0.3) is 17.7 Å². The smallest absolute Gasteiger partial charge is 0.322 e. The van der Waals surface area contributed by atoms with Crippen LogP contribution in [0.2, 0.25) is 10.0 Å². The van der Waals surface area contributed by atoms with Crippen molar-refractivity contribution in [1.82, 2.24) is 30.7 Å². The van der Waals surface area contributed by atoms with Crippen LogP contribution in [0.1, 0.15) is 54.4 Å². The highest BCUT2D eigenvalue weighted by atomic mass is 35.5. The highest BCUT2D eigenvalue weighted by Gasteiger charge is 2.50. The SMILES string of the molecule is CC(C)C1(c2ccc(C(=O)N3CCC(c4nnc(-c5ncc(Cl)cc5Cl)o4)CC3)cc2)NC(=O)NC1=O. The Morgan fingerprint density at radius 2 is 1.84 bits per heavy atom. The van der Waals surface area contributed by atoms with Crippen LogP contribution >= 0.6 is 23.2 Å². The molecule has 2 aliphatic heterocycles. The van der Waals surface area contributed by atoms with E-state index in [9.17, 15) is 14.4 Å². The van der Waals surface area contributed by atoms with E-state index in [1.165, 1.54) is 6.20 Å². The minimum Gasteiger partial charge on any atom is -0.419 e. The molecule has 37 heavy (non-hydrogen) atoms. The van der Waals surface area contributed by atoms with Crippen molar-refractivity contribution in [3.63, 3.8) is 0 Å². The third-order valence-corrected chi connectivity index (χ3v) is 7.43. The van der Waals surface area contributed by atoms with Gasteiger partial charge in [-0.05, 0) is 42.5 Å². The number of carbonyl (C=O) groups excluding carboxylic acids is 3. The lowest BCUT2D eigenvalue weighted by Gasteiger charge is -2.32. The summed E-state index contributed by atoms with van der Waals surface area (Å²) in [7, 11) is 0. The topological polar surface area (TPSA) is 130 Å². The highest BCUT2D eigenvalue weighted by Crippen LogP contribution is 2.34. The summed E-state index contributed by atoms with van der Waals surface area (Å²) in [6, 6.07) is 7.87. The van der Waals surface area contributed by atoms with Gasteiger partial charge in [-0.15, -0.1) is 10.2 Å². The summed E-state index contributed by atoms with van der Waals surface area (Å²) in [5, 5.41) is 14.1. The normalized spacial score (nSPS) is 20.3. The molecular formula is C25H24Cl2N6O4. The van der Waals surface area contributed by atoms with E-state index in [0.717, 1.165) is 0 Å². The molecule has 1 unspecified atom stereocenters. The van der Waals surface area contributed by atoms with Crippen LogP contribution in [0.4, 0.5) is 4.79 Å². The van der Waals surface area contributed by atoms with Gasteiger partial charge in [0, 0.05) is 30.8 Å². The van der Waals surface area contributed by atoms with E-state index in [-0.39, 0.29) is 23.6 Å². The van der Waals surface area contributed by atoms with E-state index >= 15 is 0 Å². The van der Waals surface area contributed by atoms with Gasteiger partial charge < -0.3 is 14.6 Å². The number of amides is 4. The molecule has 12 heteroatoms. The lowest BCUT2D eigenvalue weighted by molar-refractivity contribution is -0.125. The van der Waals surface area contributed by atoms with Crippen molar-refractivity contribution in [2.24, 2.45) is 5.92 Å². The van der Waals surface area contributed by atoms with Gasteiger partial charge in [0.15, 0.2) is 0 Å². The molecule has 0 aliphatic carbocycles. The molecule has 10 nitrogen and oxygen atoms in total. The Morgan fingerprint density at radius 1 is 1.14 bits per heavy atom. The molecule has 1 atom stereocenters. The summed E-state index contributed by atoms with van der Waals surface area (Å²) in [6.45, 7) is 4.78. The van der Waals surface area contributed by atoms with Gasteiger partial charge in [-0.3, -0.25) is 14.9 Å². The number of halogens is 2. The Balaban J connectivity index is 1.24. The van der Waals surface area contributed by atoms with E-state index in [1.807, 2.05) is 13.8 Å². The molecule has 2 fully saturated rings. The molecule has 192 valence electrons. The van der Waals surface area contributed by atoms with E-state index < -0.39 is 17.5 Å². The summed E-state index contributed by atoms with van der Waals surface area (Å²) < 4.78 is 5.84. The summed E-state index contributed by atoms with van der Waals surface area (Å²) in [5.41, 5.74) is 0.346. The maximum absolute atomic E-state index is 13.2. The van der Waals surface area contributed by atoms with E-state index in [1.54, 1.807) is 35.2 Å². The largest absolute Gasteiger partial charge is 0.419 e. The first-order valence-corrected chi connectivity index (χ1v) is 12.6. The number of piperidine rings is 1. The molecule has 4 amide bonds. The molecule has 3 aromatic rings. The zero-order valence-electron chi connectivity index (χ0n) is 20.1. The summed E-state index contributed by atoms with van der Waals surface area (Å²) in [6.07, 6.45) is 2.79. The van der Waals surface area contributed by atoms with Crippen LogP contribution in [0.15, 0.2) is 40.9 Å². The number of imide groups is 1. The zero-order valence-corrected chi connectivity index (χ0v) is 21.6.